The van der Waals surface area contributed by atoms with Gasteiger partial charge in [0.05, 0.1) is 32.0 Å². The van der Waals surface area contributed by atoms with Crippen LogP contribution in [0.5, 0.6) is 5.75 Å². The van der Waals surface area contributed by atoms with Crippen LogP contribution in [0.25, 0.3) is 0 Å². The smallest absolute Gasteiger partial charge is 0.171 e. The number of rotatable bonds is 6. The standard InChI is InChI=1S/C34H50O5Si/c1-21(2)31(4,5)40-39-30-22(3)18-28-25-12-14-33(35)20-34(37-16-17-38-34)15-13-27(33)29(25)26(19-32(28,30)6)23-8-10-24(36-7)11-9-23/h8-11,21,25-26,28,30,35H,3,12-20,40H2,1-2,4-7H3/t25-,26+,28-,30-,32-,33+/m0/s1. The van der Waals surface area contributed by atoms with E-state index in [-0.39, 0.29) is 22.5 Å². The first-order valence-corrected chi connectivity index (χ1v) is 16.9. The largest absolute Gasteiger partial charge is 0.497 e. The summed E-state index contributed by atoms with van der Waals surface area (Å²) in [7, 11) is 0.959. The number of benzene rings is 1. The van der Waals surface area contributed by atoms with E-state index < -0.39 is 21.2 Å². The monoisotopic (exact) mass is 566 g/mol. The van der Waals surface area contributed by atoms with E-state index in [4.69, 9.17) is 18.6 Å². The second-order valence-corrected chi connectivity index (χ2v) is 17.2. The quantitative estimate of drug-likeness (QED) is 0.317. The molecule has 1 saturated heterocycles. The van der Waals surface area contributed by atoms with Gasteiger partial charge in [0.2, 0.25) is 0 Å². The van der Waals surface area contributed by atoms with Crippen molar-refractivity contribution in [1.82, 2.24) is 0 Å². The zero-order valence-electron chi connectivity index (χ0n) is 25.6. The molecule has 1 spiro atoms. The highest BCUT2D eigenvalue weighted by molar-refractivity contribution is 6.32. The molecule has 1 heterocycles. The highest BCUT2D eigenvalue weighted by Gasteiger charge is 2.61. The van der Waals surface area contributed by atoms with Crippen LogP contribution in [0.2, 0.25) is 5.04 Å². The summed E-state index contributed by atoms with van der Waals surface area (Å²) in [4.78, 5) is 0. The number of ether oxygens (including phenoxy) is 3. The van der Waals surface area contributed by atoms with E-state index in [9.17, 15) is 5.11 Å². The van der Waals surface area contributed by atoms with Crippen molar-refractivity contribution in [3.05, 3.63) is 53.1 Å². The first-order valence-electron chi connectivity index (χ1n) is 15.6. The van der Waals surface area contributed by atoms with Gasteiger partial charge in [0.15, 0.2) is 15.6 Å². The Morgan fingerprint density at radius 1 is 1.12 bits per heavy atom. The van der Waals surface area contributed by atoms with E-state index in [2.05, 4.69) is 65.5 Å². The van der Waals surface area contributed by atoms with Crippen LogP contribution < -0.4 is 4.74 Å². The summed E-state index contributed by atoms with van der Waals surface area (Å²) in [5.74, 6) is 2.05. The van der Waals surface area contributed by atoms with Crippen molar-refractivity contribution in [3.63, 3.8) is 0 Å². The maximum absolute atomic E-state index is 12.3. The topological polar surface area (TPSA) is 57.2 Å². The second kappa shape index (κ2) is 10.1. The molecule has 40 heavy (non-hydrogen) atoms. The minimum absolute atomic E-state index is 0.0273. The molecule has 220 valence electrons. The molecule has 0 unspecified atom stereocenters. The van der Waals surface area contributed by atoms with E-state index in [0.29, 0.717) is 37.4 Å². The summed E-state index contributed by atoms with van der Waals surface area (Å²) < 4.78 is 24.8. The molecule has 0 radical (unpaired) electrons. The summed E-state index contributed by atoms with van der Waals surface area (Å²) in [6.45, 7) is 17.8. The molecule has 1 N–H and O–H groups in total. The molecular weight excluding hydrogens is 516 g/mol. The lowest BCUT2D eigenvalue weighted by atomic mass is 9.51. The average molecular weight is 567 g/mol. The molecular formula is C34H50O5Si. The summed E-state index contributed by atoms with van der Waals surface area (Å²) in [6.07, 6.45) is 6.16. The van der Waals surface area contributed by atoms with Gasteiger partial charge in [-0.25, -0.2) is 0 Å². The van der Waals surface area contributed by atoms with Crippen molar-refractivity contribution in [1.29, 1.82) is 0 Å². The summed E-state index contributed by atoms with van der Waals surface area (Å²) in [6, 6.07) is 8.67. The lowest BCUT2D eigenvalue weighted by Crippen LogP contribution is -2.54. The minimum atomic E-state index is -0.855. The van der Waals surface area contributed by atoms with Gasteiger partial charge >= 0.3 is 0 Å². The van der Waals surface area contributed by atoms with Crippen molar-refractivity contribution in [2.75, 3.05) is 20.3 Å². The minimum Gasteiger partial charge on any atom is -0.497 e. The molecule has 0 bridgehead atoms. The number of hydrogen-bond acceptors (Lipinski definition) is 5. The van der Waals surface area contributed by atoms with Crippen molar-refractivity contribution in [3.8, 4) is 5.75 Å². The Morgan fingerprint density at radius 2 is 1.82 bits per heavy atom. The molecule has 1 aromatic rings. The fraction of sp³-hybridized carbons (Fsp3) is 0.706. The molecule has 4 aliphatic carbocycles. The van der Waals surface area contributed by atoms with E-state index in [1.807, 2.05) is 0 Å². The van der Waals surface area contributed by atoms with E-state index >= 15 is 0 Å². The van der Waals surface area contributed by atoms with Crippen LogP contribution in [0.15, 0.2) is 47.6 Å². The normalized spacial score (nSPS) is 37.4. The van der Waals surface area contributed by atoms with Crippen LogP contribution in [0.4, 0.5) is 0 Å². The Hall–Kier alpha value is -1.44. The van der Waals surface area contributed by atoms with Gasteiger partial charge in [-0.15, -0.1) is 0 Å². The van der Waals surface area contributed by atoms with Crippen LogP contribution in [0.3, 0.4) is 0 Å². The van der Waals surface area contributed by atoms with Crippen LogP contribution in [0, 0.1) is 23.2 Å². The third-order valence-corrected chi connectivity index (χ3v) is 13.9. The lowest BCUT2D eigenvalue weighted by molar-refractivity contribution is -0.208. The Morgan fingerprint density at radius 3 is 2.48 bits per heavy atom. The van der Waals surface area contributed by atoms with Gasteiger partial charge in [-0.2, -0.15) is 0 Å². The third-order valence-electron chi connectivity index (χ3n) is 11.8. The number of fused-ring (bicyclic) bond motifs is 4. The van der Waals surface area contributed by atoms with Crippen molar-refractivity contribution in [2.45, 2.75) is 108 Å². The molecule has 1 aliphatic heterocycles. The predicted octanol–water partition coefficient (Wildman–Crippen LogP) is 6.45. The number of aliphatic hydroxyl groups is 1. The summed E-state index contributed by atoms with van der Waals surface area (Å²) in [5.41, 5.74) is 4.56. The van der Waals surface area contributed by atoms with Gasteiger partial charge in [0, 0.05) is 24.2 Å². The zero-order chi connectivity index (χ0) is 28.5. The third kappa shape index (κ3) is 4.57. The molecule has 3 saturated carbocycles. The van der Waals surface area contributed by atoms with E-state index in [1.165, 1.54) is 22.3 Å². The summed E-state index contributed by atoms with van der Waals surface area (Å²) in [5, 5.41) is 12.5. The van der Waals surface area contributed by atoms with E-state index in [0.717, 1.165) is 44.3 Å². The molecule has 5 nitrogen and oxygen atoms in total. The van der Waals surface area contributed by atoms with Crippen molar-refractivity contribution < 1.29 is 23.7 Å². The molecule has 0 aromatic heterocycles. The molecule has 6 rings (SSSR count). The molecule has 6 atom stereocenters. The van der Waals surface area contributed by atoms with Crippen LogP contribution in [-0.4, -0.2) is 52.7 Å². The Bertz CT molecular complexity index is 1170. The van der Waals surface area contributed by atoms with Crippen LogP contribution in [-0.2, 0) is 13.9 Å². The van der Waals surface area contributed by atoms with E-state index in [1.54, 1.807) is 7.11 Å². The Labute approximate surface area is 243 Å². The maximum atomic E-state index is 12.3. The number of hydrogen-bond donors (Lipinski definition) is 1. The van der Waals surface area contributed by atoms with Crippen molar-refractivity contribution in [2.24, 2.45) is 23.2 Å². The molecule has 1 aromatic carbocycles. The SMILES string of the molecule is C=C1C[C@H]2[C@@H]3CC[C@@]4(O)CC5(CCC4=C3[C@@H](c3ccc(OC)cc3)C[C@]2(C)[C@H]1O[SiH2]C(C)(C)C(C)C)OCCO5. The highest BCUT2D eigenvalue weighted by Crippen LogP contribution is 2.66. The van der Waals surface area contributed by atoms with Crippen LogP contribution >= 0.6 is 0 Å². The first-order chi connectivity index (χ1) is 18.9. The maximum Gasteiger partial charge on any atom is 0.171 e. The Balaban J connectivity index is 1.41. The fourth-order valence-corrected chi connectivity index (χ4v) is 10.4. The summed E-state index contributed by atoms with van der Waals surface area (Å²) >= 11 is 0. The fourth-order valence-electron chi connectivity index (χ4n) is 8.84. The second-order valence-electron chi connectivity index (χ2n) is 14.7. The number of allylic oxidation sites excluding steroid dienone is 1. The molecule has 5 aliphatic rings. The predicted molar refractivity (Wildman–Crippen MR) is 161 cm³/mol. The lowest BCUT2D eigenvalue weighted by Gasteiger charge is -2.56. The van der Waals surface area contributed by atoms with Crippen molar-refractivity contribution >= 4 is 9.76 Å². The van der Waals surface area contributed by atoms with Gasteiger partial charge in [0.1, 0.15) is 5.75 Å². The van der Waals surface area contributed by atoms with Gasteiger partial charge in [-0.3, -0.25) is 0 Å². The van der Waals surface area contributed by atoms with Crippen LogP contribution in [0.1, 0.15) is 91.0 Å². The molecule has 4 fully saturated rings. The van der Waals surface area contributed by atoms with Gasteiger partial charge in [-0.05, 0) is 83.7 Å². The highest BCUT2D eigenvalue weighted by atomic mass is 28.2. The first kappa shape index (κ1) is 28.7. The molecule has 0 amide bonds. The average Bonchev–Trinajstić information content (AvgIpc) is 3.46. The zero-order valence-corrected chi connectivity index (χ0v) is 27.0. The Kier molecular flexibility index (Phi) is 7.23. The number of methoxy groups -OCH3 is 1. The van der Waals surface area contributed by atoms with Gasteiger partial charge in [-0.1, -0.05) is 58.9 Å². The van der Waals surface area contributed by atoms with Gasteiger partial charge < -0.3 is 23.7 Å². The van der Waals surface area contributed by atoms with Gasteiger partial charge in [0.25, 0.3) is 0 Å². The molecule has 6 heteroatoms.